The summed E-state index contributed by atoms with van der Waals surface area (Å²) in [5.74, 6) is -0.293. The number of morpholine rings is 1. The number of amides is 1. The first-order valence-corrected chi connectivity index (χ1v) is 9.45. The van der Waals surface area contributed by atoms with E-state index in [0.29, 0.717) is 19.8 Å². The summed E-state index contributed by atoms with van der Waals surface area (Å²) in [4.78, 5) is 26.7. The lowest BCUT2D eigenvalue weighted by Crippen LogP contribution is -2.38. The van der Waals surface area contributed by atoms with Crippen LogP contribution in [0.5, 0.6) is 0 Å². The Bertz CT molecular complexity index is 1020. The second-order valence-electron chi connectivity index (χ2n) is 6.72. The molecular formula is C20H22N6O3. The van der Waals surface area contributed by atoms with Gasteiger partial charge >= 0.3 is 0 Å². The van der Waals surface area contributed by atoms with E-state index in [4.69, 9.17) is 4.74 Å². The Kier molecular flexibility index (Phi) is 5.66. The molecule has 29 heavy (non-hydrogen) atoms. The summed E-state index contributed by atoms with van der Waals surface area (Å²) in [6.45, 7) is 2.87. The molecule has 9 nitrogen and oxygen atoms in total. The van der Waals surface area contributed by atoms with Gasteiger partial charge in [0.05, 0.1) is 37.0 Å². The predicted octanol–water partition coefficient (Wildman–Crippen LogP) is 0.786. The van der Waals surface area contributed by atoms with Gasteiger partial charge in [-0.1, -0.05) is 30.3 Å². The van der Waals surface area contributed by atoms with Crippen LogP contribution < -0.4 is 15.8 Å². The van der Waals surface area contributed by atoms with E-state index in [1.807, 2.05) is 35.2 Å². The fourth-order valence-electron chi connectivity index (χ4n) is 3.22. The van der Waals surface area contributed by atoms with Crippen LogP contribution in [-0.2, 0) is 22.6 Å². The van der Waals surface area contributed by atoms with Crippen molar-refractivity contribution < 1.29 is 9.53 Å². The van der Waals surface area contributed by atoms with Crippen molar-refractivity contribution in [1.82, 2.24) is 25.3 Å². The number of nitrogens with zero attached hydrogens (tertiary/aromatic N) is 4. The molecule has 3 heterocycles. The molecule has 1 aliphatic rings. The molecule has 1 amide bonds. The fraction of sp³-hybridized carbons (Fsp3) is 0.300. The van der Waals surface area contributed by atoms with Crippen molar-refractivity contribution >= 4 is 11.6 Å². The van der Waals surface area contributed by atoms with Crippen molar-refractivity contribution in [3.05, 3.63) is 64.7 Å². The highest BCUT2D eigenvalue weighted by atomic mass is 16.5. The van der Waals surface area contributed by atoms with Crippen molar-refractivity contribution in [2.45, 2.75) is 13.1 Å². The number of rotatable bonds is 6. The SMILES string of the molecule is O=C(Cn1ncc(N2CCOCC2)cc1=O)NCc1cn[nH]c1-c1ccccc1. The van der Waals surface area contributed by atoms with Crippen LogP contribution >= 0.6 is 0 Å². The molecule has 0 unspecified atom stereocenters. The summed E-state index contributed by atoms with van der Waals surface area (Å²) in [6, 6.07) is 11.3. The van der Waals surface area contributed by atoms with E-state index in [2.05, 4.69) is 20.6 Å². The van der Waals surface area contributed by atoms with Gasteiger partial charge < -0.3 is 15.0 Å². The Morgan fingerprint density at radius 2 is 1.97 bits per heavy atom. The molecule has 0 aliphatic carbocycles. The van der Waals surface area contributed by atoms with Crippen LogP contribution in [0.4, 0.5) is 5.69 Å². The van der Waals surface area contributed by atoms with E-state index < -0.39 is 0 Å². The first-order chi connectivity index (χ1) is 14.2. The number of hydrogen-bond donors (Lipinski definition) is 2. The summed E-state index contributed by atoms with van der Waals surface area (Å²) in [5, 5.41) is 14.0. The van der Waals surface area contributed by atoms with Crippen molar-refractivity contribution in [1.29, 1.82) is 0 Å². The highest BCUT2D eigenvalue weighted by Crippen LogP contribution is 2.20. The van der Waals surface area contributed by atoms with Gasteiger partial charge in [-0.15, -0.1) is 0 Å². The first-order valence-electron chi connectivity index (χ1n) is 9.45. The normalized spacial score (nSPS) is 14.0. The van der Waals surface area contributed by atoms with E-state index in [0.717, 1.165) is 40.3 Å². The zero-order valence-corrected chi connectivity index (χ0v) is 15.9. The molecule has 4 rings (SSSR count). The Morgan fingerprint density at radius 3 is 2.72 bits per heavy atom. The van der Waals surface area contributed by atoms with E-state index in [1.54, 1.807) is 12.4 Å². The summed E-state index contributed by atoms with van der Waals surface area (Å²) in [5.41, 5.74) is 3.16. The number of carbonyl (C=O) groups is 1. The minimum atomic E-state index is -0.308. The molecule has 0 spiro atoms. The number of aromatic amines is 1. The minimum Gasteiger partial charge on any atom is -0.378 e. The smallest absolute Gasteiger partial charge is 0.269 e. The average Bonchev–Trinajstić information content (AvgIpc) is 3.24. The number of benzene rings is 1. The molecule has 3 aromatic rings. The van der Waals surface area contributed by atoms with Crippen LogP contribution in [0.2, 0.25) is 0 Å². The van der Waals surface area contributed by atoms with Gasteiger partial charge in [-0.25, -0.2) is 4.68 Å². The molecule has 1 saturated heterocycles. The molecule has 9 heteroatoms. The Labute approximate surface area is 167 Å². The molecule has 2 N–H and O–H groups in total. The van der Waals surface area contributed by atoms with E-state index in [-0.39, 0.29) is 18.0 Å². The number of H-pyrrole nitrogens is 1. The zero-order valence-electron chi connectivity index (χ0n) is 15.9. The largest absolute Gasteiger partial charge is 0.378 e. The predicted molar refractivity (Wildman–Crippen MR) is 107 cm³/mol. The highest BCUT2D eigenvalue weighted by molar-refractivity contribution is 5.76. The average molecular weight is 394 g/mol. The Balaban J connectivity index is 1.37. The summed E-state index contributed by atoms with van der Waals surface area (Å²) in [6.07, 6.45) is 3.30. The van der Waals surface area contributed by atoms with Crippen LogP contribution in [0.1, 0.15) is 5.56 Å². The van der Waals surface area contributed by atoms with E-state index in [1.165, 1.54) is 6.07 Å². The molecule has 2 aromatic heterocycles. The summed E-state index contributed by atoms with van der Waals surface area (Å²) < 4.78 is 6.48. The van der Waals surface area contributed by atoms with Crippen molar-refractivity contribution in [3.8, 4) is 11.3 Å². The van der Waals surface area contributed by atoms with Gasteiger partial charge in [-0.05, 0) is 5.56 Å². The van der Waals surface area contributed by atoms with Gasteiger partial charge in [0.1, 0.15) is 6.54 Å². The maximum Gasteiger partial charge on any atom is 0.269 e. The van der Waals surface area contributed by atoms with Crippen molar-refractivity contribution in [3.63, 3.8) is 0 Å². The van der Waals surface area contributed by atoms with Crippen LogP contribution in [0.3, 0.4) is 0 Å². The lowest BCUT2D eigenvalue weighted by molar-refractivity contribution is -0.122. The number of nitrogens with one attached hydrogen (secondary N) is 2. The lowest BCUT2D eigenvalue weighted by Gasteiger charge is -2.28. The molecule has 0 saturated carbocycles. The van der Waals surface area contributed by atoms with Gasteiger partial charge in [-0.3, -0.25) is 14.7 Å². The monoisotopic (exact) mass is 394 g/mol. The van der Waals surface area contributed by atoms with Crippen molar-refractivity contribution in [2.24, 2.45) is 0 Å². The summed E-state index contributed by atoms with van der Waals surface area (Å²) in [7, 11) is 0. The number of hydrogen-bond acceptors (Lipinski definition) is 6. The Hall–Kier alpha value is -3.46. The lowest BCUT2D eigenvalue weighted by atomic mass is 10.1. The van der Waals surface area contributed by atoms with E-state index >= 15 is 0 Å². The second-order valence-corrected chi connectivity index (χ2v) is 6.72. The van der Waals surface area contributed by atoms with Gasteiger partial charge in [0.2, 0.25) is 5.91 Å². The Morgan fingerprint density at radius 1 is 1.17 bits per heavy atom. The fourth-order valence-corrected chi connectivity index (χ4v) is 3.22. The molecule has 150 valence electrons. The molecule has 0 radical (unpaired) electrons. The van der Waals surface area contributed by atoms with Crippen LogP contribution in [0.25, 0.3) is 11.3 Å². The maximum absolute atomic E-state index is 12.3. The third kappa shape index (κ3) is 4.52. The molecule has 1 aliphatic heterocycles. The van der Waals surface area contributed by atoms with Crippen LogP contribution in [0.15, 0.2) is 53.6 Å². The van der Waals surface area contributed by atoms with Gasteiger partial charge in [0, 0.05) is 31.3 Å². The maximum atomic E-state index is 12.3. The van der Waals surface area contributed by atoms with E-state index in [9.17, 15) is 9.59 Å². The zero-order chi connectivity index (χ0) is 20.1. The molecule has 0 atom stereocenters. The van der Waals surface area contributed by atoms with Crippen LogP contribution in [0, 0.1) is 0 Å². The topological polar surface area (TPSA) is 105 Å². The summed E-state index contributed by atoms with van der Waals surface area (Å²) >= 11 is 0. The van der Waals surface area contributed by atoms with Crippen LogP contribution in [-0.4, -0.2) is 52.2 Å². The number of ether oxygens (including phenoxy) is 1. The minimum absolute atomic E-state index is 0.138. The van der Waals surface area contributed by atoms with Gasteiger partial charge in [0.15, 0.2) is 0 Å². The quantitative estimate of drug-likeness (QED) is 0.640. The standard InChI is InChI=1S/C20H22N6O3/c27-18(21-11-16-12-22-24-20(16)15-4-2-1-3-5-15)14-26-19(28)10-17(13-23-26)25-6-8-29-9-7-25/h1-5,10,12-13H,6-9,11,14H2,(H,21,27)(H,22,24). The van der Waals surface area contributed by atoms with Gasteiger partial charge in [-0.2, -0.15) is 10.2 Å². The molecule has 1 aromatic carbocycles. The third-order valence-corrected chi connectivity index (χ3v) is 4.78. The highest BCUT2D eigenvalue weighted by Gasteiger charge is 2.14. The molecule has 1 fully saturated rings. The molecule has 0 bridgehead atoms. The third-order valence-electron chi connectivity index (χ3n) is 4.78. The van der Waals surface area contributed by atoms with Gasteiger partial charge in [0.25, 0.3) is 5.56 Å². The number of carbonyl (C=O) groups excluding carboxylic acids is 1. The number of aromatic nitrogens is 4. The number of anilines is 1. The van der Waals surface area contributed by atoms with Crippen molar-refractivity contribution in [2.75, 3.05) is 31.2 Å². The first kappa shape index (κ1) is 18.9. The second kappa shape index (κ2) is 8.70. The molecular weight excluding hydrogens is 372 g/mol.